The molecule has 1 aliphatic carbocycles. The van der Waals surface area contributed by atoms with E-state index >= 15 is 0 Å². The molecule has 0 radical (unpaired) electrons. The minimum absolute atomic E-state index is 0.471. The lowest BCUT2D eigenvalue weighted by molar-refractivity contribution is 0.130. The number of methoxy groups -OCH3 is 1. The molecule has 1 aliphatic rings. The van der Waals surface area contributed by atoms with Crippen LogP contribution in [0.3, 0.4) is 0 Å². The van der Waals surface area contributed by atoms with Gasteiger partial charge in [-0.3, -0.25) is 0 Å². The zero-order valence-corrected chi connectivity index (χ0v) is 11.1. The van der Waals surface area contributed by atoms with Crippen LogP contribution in [0.25, 0.3) is 0 Å². The van der Waals surface area contributed by atoms with E-state index in [-0.39, 0.29) is 0 Å². The first-order valence-electron chi connectivity index (χ1n) is 6.30. The summed E-state index contributed by atoms with van der Waals surface area (Å²) < 4.78 is 10.7. The predicted octanol–water partition coefficient (Wildman–Crippen LogP) is 1.54. The molecule has 0 bridgehead atoms. The van der Waals surface area contributed by atoms with Gasteiger partial charge < -0.3 is 20.1 Å². The lowest BCUT2D eigenvalue weighted by atomic mass is 10.4. The van der Waals surface area contributed by atoms with Crippen molar-refractivity contribution < 1.29 is 9.47 Å². The molecule has 0 atom stereocenters. The van der Waals surface area contributed by atoms with Gasteiger partial charge in [0.25, 0.3) is 0 Å². The van der Waals surface area contributed by atoms with Crippen molar-refractivity contribution in [3.8, 4) is 5.88 Å². The molecule has 5 heteroatoms. The Kier molecular flexibility index (Phi) is 4.25. The summed E-state index contributed by atoms with van der Waals surface area (Å²) in [6.07, 6.45) is 2.65. The second-order valence-corrected chi connectivity index (χ2v) is 4.71. The largest absolute Gasteiger partial charge is 0.479 e. The van der Waals surface area contributed by atoms with Crippen LogP contribution in [0.15, 0.2) is 12.1 Å². The third kappa shape index (κ3) is 3.50. The maximum absolute atomic E-state index is 5.73. The van der Waals surface area contributed by atoms with Crippen molar-refractivity contribution in [3.05, 3.63) is 12.1 Å². The second-order valence-electron chi connectivity index (χ2n) is 4.71. The van der Waals surface area contributed by atoms with Gasteiger partial charge in [-0.2, -0.15) is 4.98 Å². The van der Waals surface area contributed by atoms with Crippen molar-refractivity contribution in [1.29, 1.82) is 0 Å². The lowest BCUT2D eigenvalue weighted by Gasteiger charge is -2.19. The van der Waals surface area contributed by atoms with Gasteiger partial charge in [-0.05, 0) is 30.9 Å². The van der Waals surface area contributed by atoms with E-state index in [1.54, 1.807) is 7.11 Å². The Labute approximate surface area is 108 Å². The summed E-state index contributed by atoms with van der Waals surface area (Å²) in [7, 11) is 3.56. The Bertz CT molecular complexity index is 394. The number of anilines is 2. The summed E-state index contributed by atoms with van der Waals surface area (Å²) in [5.41, 5.74) is 6.29. The lowest BCUT2D eigenvalue weighted by Crippen LogP contribution is -2.24. The van der Waals surface area contributed by atoms with Gasteiger partial charge in [0.1, 0.15) is 5.82 Å². The SMILES string of the molecule is COc1nc(N(C)CCOCC2CC2)ccc1N. The third-order valence-corrected chi connectivity index (χ3v) is 3.08. The van der Waals surface area contributed by atoms with E-state index in [9.17, 15) is 0 Å². The molecule has 2 rings (SSSR count). The summed E-state index contributed by atoms with van der Waals surface area (Å²) in [5, 5.41) is 0. The summed E-state index contributed by atoms with van der Waals surface area (Å²) >= 11 is 0. The Morgan fingerprint density at radius 3 is 2.89 bits per heavy atom. The number of pyridine rings is 1. The summed E-state index contributed by atoms with van der Waals surface area (Å²) in [6.45, 7) is 2.43. The maximum Gasteiger partial charge on any atom is 0.238 e. The van der Waals surface area contributed by atoms with Gasteiger partial charge in [-0.1, -0.05) is 0 Å². The van der Waals surface area contributed by atoms with Crippen LogP contribution in [-0.2, 0) is 4.74 Å². The van der Waals surface area contributed by atoms with Crippen molar-refractivity contribution in [2.24, 2.45) is 5.92 Å². The van der Waals surface area contributed by atoms with Gasteiger partial charge in [0.2, 0.25) is 5.88 Å². The first-order chi connectivity index (χ1) is 8.70. The van der Waals surface area contributed by atoms with Crippen molar-refractivity contribution in [1.82, 2.24) is 4.98 Å². The van der Waals surface area contributed by atoms with E-state index in [0.717, 1.165) is 31.5 Å². The molecule has 1 fully saturated rings. The average Bonchev–Trinajstić information content (AvgIpc) is 3.19. The molecule has 0 aliphatic heterocycles. The maximum atomic E-state index is 5.73. The molecule has 5 nitrogen and oxygen atoms in total. The van der Waals surface area contributed by atoms with Crippen LogP contribution in [0.4, 0.5) is 11.5 Å². The summed E-state index contributed by atoms with van der Waals surface area (Å²) in [6, 6.07) is 3.70. The van der Waals surface area contributed by atoms with E-state index < -0.39 is 0 Å². The van der Waals surface area contributed by atoms with Gasteiger partial charge in [0.15, 0.2) is 0 Å². The predicted molar refractivity (Wildman–Crippen MR) is 72.0 cm³/mol. The molecule has 0 spiro atoms. The summed E-state index contributed by atoms with van der Waals surface area (Å²) in [4.78, 5) is 6.38. The minimum Gasteiger partial charge on any atom is -0.479 e. The number of nitrogens with zero attached hydrogens (tertiary/aromatic N) is 2. The highest BCUT2D eigenvalue weighted by molar-refractivity contribution is 5.54. The van der Waals surface area contributed by atoms with Gasteiger partial charge in [0, 0.05) is 20.2 Å². The standard InChI is InChI=1S/C13H21N3O2/c1-16(7-8-18-9-10-3-4-10)12-6-5-11(14)13(15-12)17-2/h5-6,10H,3-4,7-9,14H2,1-2H3. The quantitative estimate of drug-likeness (QED) is 0.745. The fourth-order valence-corrected chi connectivity index (χ4v) is 1.67. The van der Waals surface area contributed by atoms with E-state index in [1.165, 1.54) is 12.8 Å². The zero-order chi connectivity index (χ0) is 13.0. The molecule has 1 aromatic rings. The van der Waals surface area contributed by atoms with Crippen LogP contribution < -0.4 is 15.4 Å². The van der Waals surface area contributed by atoms with Crippen molar-refractivity contribution in [3.63, 3.8) is 0 Å². The molecule has 0 unspecified atom stereocenters. The molecular formula is C13H21N3O2. The Morgan fingerprint density at radius 1 is 1.44 bits per heavy atom. The number of nitrogens with two attached hydrogens (primary N) is 1. The van der Waals surface area contributed by atoms with Crippen LogP contribution in [0.2, 0.25) is 0 Å². The number of ether oxygens (including phenoxy) is 2. The highest BCUT2D eigenvalue weighted by atomic mass is 16.5. The normalized spacial score (nSPS) is 14.6. The number of nitrogen functional groups attached to an aromatic ring is 1. The van der Waals surface area contributed by atoms with E-state index in [2.05, 4.69) is 4.98 Å². The molecule has 2 N–H and O–H groups in total. The number of hydrogen-bond acceptors (Lipinski definition) is 5. The van der Waals surface area contributed by atoms with Crippen LogP contribution in [0, 0.1) is 5.92 Å². The zero-order valence-electron chi connectivity index (χ0n) is 11.1. The van der Waals surface area contributed by atoms with Crippen LogP contribution in [0.5, 0.6) is 5.88 Å². The highest BCUT2D eigenvalue weighted by Gasteiger charge is 2.21. The number of likely N-dealkylation sites (N-methyl/N-ethyl adjacent to an activating group) is 1. The van der Waals surface area contributed by atoms with Gasteiger partial charge in [0.05, 0.1) is 19.4 Å². The van der Waals surface area contributed by atoms with Crippen molar-refractivity contribution in [2.75, 3.05) is 44.5 Å². The molecule has 1 saturated carbocycles. The fourth-order valence-electron chi connectivity index (χ4n) is 1.67. The Hall–Kier alpha value is -1.49. The van der Waals surface area contributed by atoms with Crippen LogP contribution in [-0.4, -0.2) is 38.9 Å². The molecule has 0 amide bonds. The highest BCUT2D eigenvalue weighted by Crippen LogP contribution is 2.28. The monoisotopic (exact) mass is 251 g/mol. The topological polar surface area (TPSA) is 60.6 Å². The molecule has 18 heavy (non-hydrogen) atoms. The van der Waals surface area contributed by atoms with Gasteiger partial charge >= 0.3 is 0 Å². The number of hydrogen-bond donors (Lipinski definition) is 1. The second kappa shape index (κ2) is 5.91. The van der Waals surface area contributed by atoms with E-state index in [1.807, 2.05) is 24.1 Å². The Balaban J connectivity index is 1.81. The van der Waals surface area contributed by atoms with Gasteiger partial charge in [-0.25, -0.2) is 0 Å². The third-order valence-electron chi connectivity index (χ3n) is 3.08. The van der Waals surface area contributed by atoms with E-state index in [0.29, 0.717) is 11.6 Å². The number of aromatic nitrogens is 1. The van der Waals surface area contributed by atoms with Crippen molar-refractivity contribution >= 4 is 11.5 Å². The fraction of sp³-hybridized carbons (Fsp3) is 0.615. The molecule has 0 saturated heterocycles. The molecule has 1 heterocycles. The van der Waals surface area contributed by atoms with E-state index in [4.69, 9.17) is 15.2 Å². The first-order valence-corrected chi connectivity index (χ1v) is 6.30. The van der Waals surface area contributed by atoms with Crippen LogP contribution in [0.1, 0.15) is 12.8 Å². The first kappa shape index (κ1) is 13.0. The smallest absolute Gasteiger partial charge is 0.238 e. The van der Waals surface area contributed by atoms with Crippen molar-refractivity contribution in [2.45, 2.75) is 12.8 Å². The molecule has 100 valence electrons. The van der Waals surface area contributed by atoms with Gasteiger partial charge in [-0.15, -0.1) is 0 Å². The average molecular weight is 251 g/mol. The summed E-state index contributed by atoms with van der Waals surface area (Å²) in [5.74, 6) is 2.12. The minimum atomic E-state index is 0.471. The van der Waals surface area contributed by atoms with Crippen LogP contribution >= 0.6 is 0 Å². The molecule has 1 aromatic heterocycles. The number of rotatable bonds is 7. The molecular weight excluding hydrogens is 230 g/mol. The molecule has 0 aromatic carbocycles. The Morgan fingerprint density at radius 2 is 2.22 bits per heavy atom.